The van der Waals surface area contributed by atoms with Crippen molar-refractivity contribution in [3.63, 3.8) is 0 Å². The number of benzene rings is 1. The number of hydrogen-bond acceptors (Lipinski definition) is 4. The Morgan fingerprint density at radius 3 is 2.33 bits per heavy atom. The highest BCUT2D eigenvalue weighted by atomic mass is 127. The van der Waals surface area contributed by atoms with E-state index in [-0.39, 0.29) is 22.6 Å². The van der Waals surface area contributed by atoms with Crippen LogP contribution in [0.2, 0.25) is 0 Å². The van der Waals surface area contributed by atoms with E-state index in [2.05, 4.69) is 0 Å². The zero-order chi connectivity index (χ0) is 11.4. The van der Waals surface area contributed by atoms with Crippen LogP contribution in [0, 0.1) is 26.2 Å². The molecular weight excluding hydrogens is 307 g/mol. The second kappa shape index (κ2) is 4.67. The van der Waals surface area contributed by atoms with Crippen LogP contribution < -0.4 is 0 Å². The molecule has 0 saturated heterocycles. The van der Waals surface area contributed by atoms with E-state index in [4.69, 9.17) is 10.5 Å². The third kappa shape index (κ3) is 2.39. The summed E-state index contributed by atoms with van der Waals surface area (Å²) in [5.41, 5.74) is 0.108. The lowest BCUT2D eigenvalue weighted by Crippen LogP contribution is -1.81. The average Bonchev–Trinajstić information content (AvgIpc) is 2.25. The maximum Gasteiger partial charge on any atom is 0.171 e. The third-order valence-electron chi connectivity index (χ3n) is 1.67. The molecule has 0 unspecified atom stereocenters. The maximum atomic E-state index is 9.50. The molecule has 0 fully saturated rings. The highest BCUT2D eigenvalue weighted by Crippen LogP contribution is 2.34. The predicted molar refractivity (Wildman–Crippen MR) is 61.7 cm³/mol. The van der Waals surface area contributed by atoms with E-state index >= 15 is 0 Å². The summed E-state index contributed by atoms with van der Waals surface area (Å²) in [6.45, 7) is 0. The Balaban J connectivity index is 3.32. The fraction of sp³-hybridized carbons (Fsp3) is 0. The van der Waals surface area contributed by atoms with E-state index in [9.17, 15) is 10.2 Å². The molecule has 5 heteroatoms. The number of allylic oxidation sites excluding steroid dienone is 1. The molecule has 74 valence electrons. The van der Waals surface area contributed by atoms with Crippen LogP contribution in [-0.2, 0) is 0 Å². The van der Waals surface area contributed by atoms with E-state index in [0.29, 0.717) is 3.57 Å². The van der Waals surface area contributed by atoms with Gasteiger partial charge in [-0.05, 0) is 40.8 Å². The summed E-state index contributed by atoms with van der Waals surface area (Å²) in [5.74, 6) is -0.579. The Hall–Kier alpha value is -1.73. The van der Waals surface area contributed by atoms with Crippen LogP contribution in [0.4, 0.5) is 0 Å². The number of phenols is 2. The first kappa shape index (κ1) is 11.3. The Bertz CT molecular complexity index is 493. The molecule has 0 heterocycles. The van der Waals surface area contributed by atoms with Gasteiger partial charge < -0.3 is 10.2 Å². The second-order valence-electron chi connectivity index (χ2n) is 2.62. The van der Waals surface area contributed by atoms with E-state index in [1.807, 2.05) is 22.6 Å². The van der Waals surface area contributed by atoms with Crippen LogP contribution in [-0.4, -0.2) is 10.2 Å². The number of aromatic hydroxyl groups is 2. The Morgan fingerprint density at radius 2 is 1.80 bits per heavy atom. The fourth-order valence-corrected chi connectivity index (χ4v) is 1.37. The third-order valence-corrected chi connectivity index (χ3v) is 2.54. The molecule has 0 aromatic heterocycles. The number of nitrogens with zero attached hydrogens (tertiary/aromatic N) is 2. The number of phenolic OH excluding ortho intramolecular Hbond substituents is 2. The maximum absolute atomic E-state index is 9.50. The van der Waals surface area contributed by atoms with Crippen molar-refractivity contribution in [2.45, 2.75) is 0 Å². The SMILES string of the molecule is N#CC(C#N)=Cc1ccc(I)c(O)c1O. The van der Waals surface area contributed by atoms with Crippen molar-refractivity contribution in [2.24, 2.45) is 0 Å². The molecule has 0 amide bonds. The molecule has 0 spiro atoms. The monoisotopic (exact) mass is 312 g/mol. The first-order chi connectivity index (χ1) is 7.10. The quantitative estimate of drug-likeness (QED) is 0.472. The van der Waals surface area contributed by atoms with Gasteiger partial charge in [-0.1, -0.05) is 0 Å². The normalized spacial score (nSPS) is 8.73. The molecule has 0 saturated carbocycles. The largest absolute Gasteiger partial charge is 0.504 e. The minimum atomic E-state index is -0.329. The van der Waals surface area contributed by atoms with Gasteiger partial charge in [0.2, 0.25) is 0 Å². The summed E-state index contributed by atoms with van der Waals surface area (Å²) < 4.78 is 0.498. The standard InChI is InChI=1S/C10H5IN2O2/c11-8-2-1-7(9(14)10(8)15)3-6(4-12)5-13/h1-3,14-15H. The summed E-state index contributed by atoms with van der Waals surface area (Å²) in [6.07, 6.45) is 1.21. The minimum Gasteiger partial charge on any atom is -0.504 e. The van der Waals surface area contributed by atoms with Gasteiger partial charge in [0, 0.05) is 5.56 Å². The van der Waals surface area contributed by atoms with E-state index in [1.165, 1.54) is 12.1 Å². The lowest BCUT2D eigenvalue weighted by Gasteiger charge is -2.03. The fourth-order valence-electron chi connectivity index (χ4n) is 0.932. The lowest BCUT2D eigenvalue weighted by atomic mass is 10.1. The molecule has 2 N–H and O–H groups in total. The predicted octanol–water partition coefficient (Wildman–Crippen LogP) is 2.13. The van der Waals surface area contributed by atoms with Crippen molar-refractivity contribution in [3.8, 4) is 23.6 Å². The van der Waals surface area contributed by atoms with Crippen LogP contribution in [0.3, 0.4) is 0 Å². The molecule has 0 atom stereocenters. The molecule has 0 aliphatic rings. The molecule has 4 nitrogen and oxygen atoms in total. The second-order valence-corrected chi connectivity index (χ2v) is 3.78. The van der Waals surface area contributed by atoms with Gasteiger partial charge in [-0.3, -0.25) is 0 Å². The lowest BCUT2D eigenvalue weighted by molar-refractivity contribution is 0.400. The molecule has 1 aromatic carbocycles. The zero-order valence-electron chi connectivity index (χ0n) is 7.40. The molecule has 0 radical (unpaired) electrons. The van der Waals surface area contributed by atoms with E-state index in [1.54, 1.807) is 18.2 Å². The summed E-state index contributed by atoms with van der Waals surface area (Å²) in [5, 5.41) is 35.9. The van der Waals surface area contributed by atoms with Gasteiger partial charge in [0.1, 0.15) is 17.7 Å². The number of hydrogen-bond donors (Lipinski definition) is 2. The highest BCUT2D eigenvalue weighted by molar-refractivity contribution is 14.1. The van der Waals surface area contributed by atoms with Crippen LogP contribution in [0.1, 0.15) is 5.56 Å². The zero-order valence-corrected chi connectivity index (χ0v) is 9.56. The highest BCUT2D eigenvalue weighted by Gasteiger charge is 2.08. The van der Waals surface area contributed by atoms with Gasteiger partial charge in [-0.25, -0.2) is 0 Å². The molecule has 1 rings (SSSR count). The summed E-state index contributed by atoms with van der Waals surface area (Å²) in [7, 11) is 0. The minimum absolute atomic E-state index is 0.133. The molecule has 0 aliphatic carbocycles. The molecular formula is C10H5IN2O2. The van der Waals surface area contributed by atoms with Crippen molar-refractivity contribution >= 4 is 28.7 Å². The van der Waals surface area contributed by atoms with Crippen LogP contribution in [0.5, 0.6) is 11.5 Å². The average molecular weight is 312 g/mol. The van der Waals surface area contributed by atoms with Crippen molar-refractivity contribution in [1.82, 2.24) is 0 Å². The Labute approximate surface area is 99.8 Å². The van der Waals surface area contributed by atoms with Crippen LogP contribution >= 0.6 is 22.6 Å². The van der Waals surface area contributed by atoms with Gasteiger partial charge >= 0.3 is 0 Å². The summed E-state index contributed by atoms with van der Waals surface area (Å²) >= 11 is 1.86. The topological polar surface area (TPSA) is 88.0 Å². The molecule has 0 aliphatic heterocycles. The number of halogens is 1. The molecule has 1 aromatic rings. The molecule has 15 heavy (non-hydrogen) atoms. The Morgan fingerprint density at radius 1 is 1.20 bits per heavy atom. The van der Waals surface area contributed by atoms with Crippen LogP contribution in [0.15, 0.2) is 17.7 Å². The van der Waals surface area contributed by atoms with E-state index in [0.717, 1.165) is 0 Å². The van der Waals surface area contributed by atoms with Crippen molar-refractivity contribution in [1.29, 1.82) is 10.5 Å². The van der Waals surface area contributed by atoms with Crippen molar-refractivity contribution < 1.29 is 10.2 Å². The van der Waals surface area contributed by atoms with Gasteiger partial charge in [0.15, 0.2) is 11.5 Å². The first-order valence-electron chi connectivity index (χ1n) is 3.82. The number of rotatable bonds is 1. The summed E-state index contributed by atoms with van der Waals surface area (Å²) in [4.78, 5) is 0. The van der Waals surface area contributed by atoms with Gasteiger partial charge in [-0.2, -0.15) is 10.5 Å². The Kier molecular flexibility index (Phi) is 3.53. The van der Waals surface area contributed by atoms with Crippen molar-refractivity contribution in [3.05, 3.63) is 26.8 Å². The number of nitriles is 2. The molecule has 0 bridgehead atoms. The smallest absolute Gasteiger partial charge is 0.171 e. The van der Waals surface area contributed by atoms with Crippen molar-refractivity contribution in [2.75, 3.05) is 0 Å². The summed E-state index contributed by atoms with van der Waals surface area (Å²) in [6, 6.07) is 6.43. The van der Waals surface area contributed by atoms with Gasteiger partial charge in [0.05, 0.1) is 3.57 Å². The van der Waals surface area contributed by atoms with Crippen LogP contribution in [0.25, 0.3) is 6.08 Å². The van der Waals surface area contributed by atoms with Gasteiger partial charge in [-0.15, -0.1) is 0 Å². The van der Waals surface area contributed by atoms with Gasteiger partial charge in [0.25, 0.3) is 0 Å². The van der Waals surface area contributed by atoms with E-state index < -0.39 is 0 Å². The first-order valence-corrected chi connectivity index (χ1v) is 4.90.